The van der Waals surface area contributed by atoms with Crippen LogP contribution in [-0.2, 0) is 9.84 Å². The molecule has 1 aromatic carbocycles. The van der Waals surface area contributed by atoms with Crippen molar-refractivity contribution in [2.45, 2.75) is 19.1 Å². The van der Waals surface area contributed by atoms with E-state index < -0.39 is 15.9 Å². The molecular weight excluding hydrogens is 228 g/mol. The summed E-state index contributed by atoms with van der Waals surface area (Å²) in [5.41, 5.74) is 0.764. The molecule has 1 fully saturated rings. The van der Waals surface area contributed by atoms with E-state index in [4.69, 9.17) is 4.74 Å². The van der Waals surface area contributed by atoms with E-state index >= 15 is 0 Å². The zero-order valence-corrected chi connectivity index (χ0v) is 9.78. The van der Waals surface area contributed by atoms with Gasteiger partial charge in [-0.15, -0.1) is 0 Å². The van der Waals surface area contributed by atoms with E-state index in [1.54, 1.807) is 31.2 Å². The van der Waals surface area contributed by atoms with Gasteiger partial charge in [-0.3, -0.25) is 0 Å². The van der Waals surface area contributed by atoms with Crippen molar-refractivity contribution < 1.29 is 18.3 Å². The minimum absolute atomic E-state index is 0.0892. The van der Waals surface area contributed by atoms with Crippen molar-refractivity contribution in [1.82, 2.24) is 0 Å². The van der Waals surface area contributed by atoms with E-state index in [0.29, 0.717) is 5.75 Å². The van der Waals surface area contributed by atoms with Gasteiger partial charge in [0.05, 0.1) is 17.6 Å². The van der Waals surface area contributed by atoms with Crippen molar-refractivity contribution in [2.75, 3.05) is 11.5 Å². The zero-order valence-electron chi connectivity index (χ0n) is 8.96. The lowest BCUT2D eigenvalue weighted by atomic mass is 10.1. The summed E-state index contributed by atoms with van der Waals surface area (Å²) < 4.78 is 27.4. The Kier molecular flexibility index (Phi) is 2.90. The van der Waals surface area contributed by atoms with Gasteiger partial charge in [0.2, 0.25) is 0 Å². The summed E-state index contributed by atoms with van der Waals surface area (Å²) >= 11 is 0. The van der Waals surface area contributed by atoms with Gasteiger partial charge in [0.15, 0.2) is 9.84 Å². The number of aliphatic hydroxyl groups is 1. The average molecular weight is 242 g/mol. The fraction of sp³-hybridized carbons (Fsp3) is 0.455. The highest BCUT2D eigenvalue weighted by Gasteiger charge is 2.35. The van der Waals surface area contributed by atoms with Crippen LogP contribution >= 0.6 is 0 Å². The van der Waals surface area contributed by atoms with E-state index in [2.05, 4.69) is 0 Å². The summed E-state index contributed by atoms with van der Waals surface area (Å²) in [4.78, 5) is 0. The SMILES string of the molecule is CC(O)c1cccc(OC2CS(=O)(=O)C2)c1. The van der Waals surface area contributed by atoms with Crippen molar-refractivity contribution in [2.24, 2.45) is 0 Å². The quantitative estimate of drug-likeness (QED) is 0.856. The highest BCUT2D eigenvalue weighted by molar-refractivity contribution is 7.92. The Morgan fingerprint density at radius 2 is 2.12 bits per heavy atom. The molecule has 0 aliphatic carbocycles. The Morgan fingerprint density at radius 1 is 1.44 bits per heavy atom. The molecule has 0 radical (unpaired) electrons. The number of hydrogen-bond donors (Lipinski definition) is 1. The number of ether oxygens (including phenoxy) is 1. The van der Waals surface area contributed by atoms with E-state index in [1.807, 2.05) is 0 Å². The monoisotopic (exact) mass is 242 g/mol. The topological polar surface area (TPSA) is 63.6 Å². The molecule has 0 aromatic heterocycles. The molecule has 1 heterocycles. The van der Waals surface area contributed by atoms with Crippen molar-refractivity contribution in [3.63, 3.8) is 0 Å². The normalized spacial score (nSPS) is 21.1. The second kappa shape index (κ2) is 4.07. The van der Waals surface area contributed by atoms with Crippen LogP contribution < -0.4 is 4.74 Å². The number of hydrogen-bond acceptors (Lipinski definition) is 4. The molecule has 0 amide bonds. The maximum Gasteiger partial charge on any atom is 0.157 e. The maximum absolute atomic E-state index is 10.9. The van der Waals surface area contributed by atoms with Crippen LogP contribution in [0.25, 0.3) is 0 Å². The molecule has 16 heavy (non-hydrogen) atoms. The molecule has 2 rings (SSSR count). The Balaban J connectivity index is 2.03. The third kappa shape index (κ3) is 2.54. The molecule has 1 aromatic rings. The second-order valence-electron chi connectivity index (χ2n) is 4.07. The Morgan fingerprint density at radius 3 is 2.69 bits per heavy atom. The first kappa shape index (κ1) is 11.4. The second-order valence-corrected chi connectivity index (χ2v) is 6.22. The van der Waals surface area contributed by atoms with Crippen LogP contribution in [0.1, 0.15) is 18.6 Å². The lowest BCUT2D eigenvalue weighted by Crippen LogP contribution is -2.45. The molecule has 1 saturated heterocycles. The number of rotatable bonds is 3. The fourth-order valence-electron chi connectivity index (χ4n) is 1.63. The van der Waals surface area contributed by atoms with E-state index in [1.165, 1.54) is 0 Å². The molecule has 1 aliphatic rings. The van der Waals surface area contributed by atoms with Crippen LogP contribution in [0.4, 0.5) is 0 Å². The standard InChI is InChI=1S/C11H14O4S/c1-8(12)9-3-2-4-10(5-9)15-11-6-16(13,14)7-11/h2-5,8,11-12H,6-7H2,1H3. The predicted octanol–water partition coefficient (Wildman–Crippen LogP) is 0.916. The van der Waals surface area contributed by atoms with E-state index in [-0.39, 0.29) is 17.6 Å². The molecule has 1 N–H and O–H groups in total. The summed E-state index contributed by atoms with van der Waals surface area (Å²) in [6.45, 7) is 1.67. The van der Waals surface area contributed by atoms with Crippen LogP contribution in [0.15, 0.2) is 24.3 Å². The molecule has 88 valence electrons. The first-order valence-corrected chi connectivity index (χ1v) is 6.93. The van der Waals surface area contributed by atoms with Gasteiger partial charge in [0, 0.05) is 0 Å². The number of sulfone groups is 1. The summed E-state index contributed by atoms with van der Waals surface area (Å²) in [6, 6.07) is 7.08. The van der Waals surface area contributed by atoms with Gasteiger partial charge in [0.1, 0.15) is 11.9 Å². The molecule has 0 saturated carbocycles. The van der Waals surface area contributed by atoms with Gasteiger partial charge in [-0.2, -0.15) is 0 Å². The molecular formula is C11H14O4S. The minimum Gasteiger partial charge on any atom is -0.488 e. The summed E-state index contributed by atoms with van der Waals surface area (Å²) in [5.74, 6) is 0.788. The fourth-order valence-corrected chi connectivity index (χ4v) is 2.80. The van der Waals surface area contributed by atoms with Crippen LogP contribution in [0.2, 0.25) is 0 Å². The van der Waals surface area contributed by atoms with Crippen molar-refractivity contribution in [3.8, 4) is 5.75 Å². The Hall–Kier alpha value is -1.07. The molecule has 1 atom stereocenters. The summed E-state index contributed by atoms with van der Waals surface area (Å²) in [6.07, 6.45) is -0.789. The molecule has 4 nitrogen and oxygen atoms in total. The van der Waals surface area contributed by atoms with Crippen molar-refractivity contribution >= 4 is 9.84 Å². The summed E-state index contributed by atoms with van der Waals surface area (Å²) in [5, 5.41) is 9.39. The third-order valence-electron chi connectivity index (χ3n) is 2.52. The van der Waals surface area contributed by atoms with Gasteiger partial charge in [0.25, 0.3) is 0 Å². The Bertz CT molecular complexity index is 467. The van der Waals surface area contributed by atoms with Gasteiger partial charge in [-0.1, -0.05) is 12.1 Å². The number of aliphatic hydroxyl groups excluding tert-OH is 1. The lowest BCUT2D eigenvalue weighted by molar-refractivity contribution is 0.196. The predicted molar refractivity (Wildman–Crippen MR) is 60.1 cm³/mol. The third-order valence-corrected chi connectivity index (χ3v) is 4.28. The van der Waals surface area contributed by atoms with Gasteiger partial charge in [-0.05, 0) is 24.6 Å². The zero-order chi connectivity index (χ0) is 11.8. The number of benzene rings is 1. The minimum atomic E-state index is -2.85. The van der Waals surface area contributed by atoms with E-state index in [0.717, 1.165) is 5.56 Å². The first-order valence-electron chi connectivity index (χ1n) is 5.11. The molecule has 5 heteroatoms. The lowest BCUT2D eigenvalue weighted by Gasteiger charge is -2.26. The van der Waals surface area contributed by atoms with Crippen LogP contribution in [-0.4, -0.2) is 31.1 Å². The highest BCUT2D eigenvalue weighted by atomic mass is 32.2. The van der Waals surface area contributed by atoms with Crippen LogP contribution in [0.5, 0.6) is 5.75 Å². The van der Waals surface area contributed by atoms with Gasteiger partial charge in [-0.25, -0.2) is 8.42 Å². The highest BCUT2D eigenvalue weighted by Crippen LogP contribution is 2.23. The smallest absolute Gasteiger partial charge is 0.157 e. The van der Waals surface area contributed by atoms with Crippen LogP contribution in [0.3, 0.4) is 0 Å². The Labute approximate surface area is 94.8 Å². The molecule has 0 bridgehead atoms. The molecule has 1 aliphatic heterocycles. The van der Waals surface area contributed by atoms with Crippen molar-refractivity contribution in [1.29, 1.82) is 0 Å². The van der Waals surface area contributed by atoms with Crippen molar-refractivity contribution in [3.05, 3.63) is 29.8 Å². The summed E-state index contributed by atoms with van der Waals surface area (Å²) in [7, 11) is -2.85. The van der Waals surface area contributed by atoms with Crippen LogP contribution in [0, 0.1) is 0 Å². The average Bonchev–Trinajstić information content (AvgIpc) is 2.15. The maximum atomic E-state index is 10.9. The van der Waals surface area contributed by atoms with Gasteiger partial charge < -0.3 is 9.84 Å². The molecule has 0 spiro atoms. The first-order chi connectivity index (χ1) is 7.46. The van der Waals surface area contributed by atoms with Gasteiger partial charge >= 0.3 is 0 Å². The van der Waals surface area contributed by atoms with E-state index in [9.17, 15) is 13.5 Å². The largest absolute Gasteiger partial charge is 0.488 e. The molecule has 1 unspecified atom stereocenters.